The maximum Gasteiger partial charge on any atom is 0.338 e. The quantitative estimate of drug-likeness (QED) is 0.300. The summed E-state index contributed by atoms with van der Waals surface area (Å²) >= 11 is 0. The molecule has 0 spiro atoms. The molecule has 0 aliphatic carbocycles. The number of rotatable bonds is 6. The van der Waals surface area contributed by atoms with Gasteiger partial charge in [0.15, 0.2) is 0 Å². The molecule has 0 aliphatic heterocycles. The zero-order chi connectivity index (χ0) is 21.6. The summed E-state index contributed by atoms with van der Waals surface area (Å²) in [6, 6.07) is 10.8. The Morgan fingerprint density at radius 3 is 2.43 bits per heavy atom. The van der Waals surface area contributed by atoms with Gasteiger partial charge in [-0.1, -0.05) is 33.4 Å². The molecule has 1 N–H and O–H groups in total. The fourth-order valence-electron chi connectivity index (χ4n) is 3.24. The number of benzene rings is 2. The first-order valence-corrected chi connectivity index (χ1v) is 9.56. The van der Waals surface area contributed by atoms with Crippen LogP contribution in [0.1, 0.15) is 36.7 Å². The summed E-state index contributed by atoms with van der Waals surface area (Å²) in [5.74, 6) is -0.888. The number of carbonyl (C=O) groups excluding carboxylic acids is 2. The SMILES string of the molecule is C=CC(=O)OCCOC(=O)c1ccc2c(c1)n1n(-c3cc(C(C)(C)C)ccc3O)n21. The van der Waals surface area contributed by atoms with Crippen molar-refractivity contribution in [2.75, 3.05) is 13.2 Å². The second kappa shape index (κ2) is 6.98. The Morgan fingerprint density at radius 1 is 1.03 bits per heavy atom. The molecule has 0 bridgehead atoms. The smallest absolute Gasteiger partial charge is 0.338 e. The number of hydrogen-bond donors (Lipinski definition) is 1. The van der Waals surface area contributed by atoms with Gasteiger partial charge < -0.3 is 14.6 Å². The molecule has 0 fully saturated rings. The monoisotopic (exact) mass is 409 g/mol. The molecule has 0 unspecified atom stereocenters. The first kappa shape index (κ1) is 19.6. The molecule has 0 aliphatic rings. The molecule has 0 radical (unpaired) electrons. The summed E-state index contributed by atoms with van der Waals surface area (Å²) in [5.41, 5.74) is 3.88. The van der Waals surface area contributed by atoms with Crippen molar-refractivity contribution in [1.82, 2.24) is 14.1 Å². The molecule has 8 heteroatoms. The third-order valence-corrected chi connectivity index (χ3v) is 4.93. The number of carbonyl (C=O) groups is 2. The fraction of sp³-hybridized carbons (Fsp3) is 0.273. The Hall–Kier alpha value is -3.68. The summed E-state index contributed by atoms with van der Waals surface area (Å²) in [5, 5.41) is 10.4. The van der Waals surface area contributed by atoms with Gasteiger partial charge in [0.2, 0.25) is 0 Å². The average molecular weight is 409 g/mol. The van der Waals surface area contributed by atoms with Crippen molar-refractivity contribution >= 4 is 23.0 Å². The van der Waals surface area contributed by atoms with Crippen LogP contribution in [-0.4, -0.2) is 44.3 Å². The fourth-order valence-corrected chi connectivity index (χ4v) is 3.24. The molecule has 0 saturated heterocycles. The van der Waals surface area contributed by atoms with Crippen LogP contribution < -0.4 is 0 Å². The van der Waals surface area contributed by atoms with Gasteiger partial charge in [-0.3, -0.25) is 0 Å². The van der Waals surface area contributed by atoms with Crippen molar-refractivity contribution in [2.24, 2.45) is 0 Å². The molecule has 4 aromatic rings. The van der Waals surface area contributed by atoms with Gasteiger partial charge in [0, 0.05) is 6.08 Å². The third kappa shape index (κ3) is 3.30. The number of phenols is 1. The molecular formula is C22H23N3O5. The lowest BCUT2D eigenvalue weighted by Gasteiger charge is -2.19. The van der Waals surface area contributed by atoms with E-state index >= 15 is 0 Å². The van der Waals surface area contributed by atoms with Crippen molar-refractivity contribution in [2.45, 2.75) is 26.2 Å². The van der Waals surface area contributed by atoms with Crippen molar-refractivity contribution < 1.29 is 24.2 Å². The first-order valence-electron chi connectivity index (χ1n) is 9.56. The molecule has 0 saturated carbocycles. The van der Waals surface area contributed by atoms with E-state index in [-0.39, 0.29) is 24.4 Å². The lowest BCUT2D eigenvalue weighted by atomic mass is 9.87. The van der Waals surface area contributed by atoms with E-state index in [4.69, 9.17) is 9.47 Å². The van der Waals surface area contributed by atoms with Gasteiger partial charge in [0.1, 0.15) is 35.7 Å². The van der Waals surface area contributed by atoms with Crippen LogP contribution in [0.5, 0.6) is 5.75 Å². The molecule has 0 amide bonds. The number of hydrogen-bond acceptors (Lipinski definition) is 5. The Kier molecular flexibility index (Phi) is 4.57. The summed E-state index contributed by atoms with van der Waals surface area (Å²) < 4.78 is 13.7. The molecular weight excluding hydrogens is 386 g/mol. The van der Waals surface area contributed by atoms with Crippen molar-refractivity contribution in [3.8, 4) is 11.4 Å². The van der Waals surface area contributed by atoms with E-state index in [0.717, 1.165) is 22.7 Å². The van der Waals surface area contributed by atoms with Crippen LogP contribution in [0.4, 0.5) is 0 Å². The highest BCUT2D eigenvalue weighted by Gasteiger charge is 2.28. The minimum Gasteiger partial charge on any atom is -0.506 e. The number of phenolic OH excluding ortho intramolecular Hbond substituents is 1. The highest BCUT2D eigenvalue weighted by Crippen LogP contribution is 2.34. The van der Waals surface area contributed by atoms with Crippen LogP contribution in [0.25, 0.3) is 16.7 Å². The summed E-state index contributed by atoms with van der Waals surface area (Å²) in [4.78, 5) is 25.1. The average Bonchev–Trinajstić information content (AvgIpc) is 3.36. The molecule has 2 aromatic heterocycles. The van der Waals surface area contributed by atoms with Gasteiger partial charge in [-0.15, -0.1) is 14.1 Å². The maximum absolute atomic E-state index is 12.3. The third-order valence-electron chi connectivity index (χ3n) is 4.93. The zero-order valence-corrected chi connectivity index (χ0v) is 17.1. The molecule has 8 nitrogen and oxygen atoms in total. The van der Waals surface area contributed by atoms with Gasteiger partial charge in [-0.2, -0.15) is 0 Å². The van der Waals surface area contributed by atoms with Crippen LogP contribution in [0.3, 0.4) is 0 Å². The highest BCUT2D eigenvalue weighted by atomic mass is 16.6. The molecule has 0 atom stereocenters. The number of aromatic nitrogens is 3. The Bertz CT molecular complexity index is 1250. The Labute approximate surface area is 172 Å². The predicted octanol–water partition coefficient (Wildman–Crippen LogP) is 3.31. The normalized spacial score (nSPS) is 12.0. The maximum atomic E-state index is 12.3. The van der Waals surface area contributed by atoms with E-state index in [1.165, 1.54) is 0 Å². The summed E-state index contributed by atoms with van der Waals surface area (Å²) in [6.45, 7) is 9.58. The number of esters is 2. The van der Waals surface area contributed by atoms with E-state index in [1.54, 1.807) is 18.2 Å². The van der Waals surface area contributed by atoms with Gasteiger partial charge in [-0.05, 0) is 41.3 Å². The van der Waals surface area contributed by atoms with Crippen molar-refractivity contribution in [1.29, 1.82) is 0 Å². The standard InChI is InChI=1S/C22H23N3O5/c1-5-20(27)29-10-11-30-21(28)14-6-8-16-17(12-14)24-23(16)25(24)18-13-15(22(2,3)4)7-9-19(18)26/h5-9,12-13,26H,1,10-11H2,2-4H3. The number of fused-ring (bicyclic) bond motifs is 4. The van der Waals surface area contributed by atoms with Gasteiger partial charge in [-0.25, -0.2) is 9.59 Å². The molecule has 30 heavy (non-hydrogen) atoms. The summed E-state index contributed by atoms with van der Waals surface area (Å²) in [7, 11) is 0. The molecule has 2 aromatic carbocycles. The van der Waals surface area contributed by atoms with Crippen molar-refractivity contribution in [3.05, 3.63) is 60.2 Å². The van der Waals surface area contributed by atoms with E-state index in [9.17, 15) is 14.7 Å². The largest absolute Gasteiger partial charge is 0.506 e. The summed E-state index contributed by atoms with van der Waals surface area (Å²) in [6.07, 6.45) is 1.05. The zero-order valence-electron chi connectivity index (χ0n) is 17.1. The molecule has 156 valence electrons. The first-order chi connectivity index (χ1) is 14.2. The van der Waals surface area contributed by atoms with E-state index in [1.807, 2.05) is 32.3 Å². The number of aromatic hydroxyl groups is 1. The van der Waals surface area contributed by atoms with Gasteiger partial charge in [0.25, 0.3) is 0 Å². The number of ether oxygens (including phenoxy) is 2. The lowest BCUT2D eigenvalue weighted by Crippen LogP contribution is -2.13. The minimum atomic E-state index is -0.562. The second-order valence-electron chi connectivity index (χ2n) is 8.03. The lowest BCUT2D eigenvalue weighted by molar-refractivity contribution is -0.138. The van der Waals surface area contributed by atoms with Crippen LogP contribution >= 0.6 is 0 Å². The molecule has 4 rings (SSSR count). The van der Waals surface area contributed by atoms with Crippen LogP contribution in [0.15, 0.2) is 49.1 Å². The second-order valence-corrected chi connectivity index (χ2v) is 8.03. The predicted molar refractivity (Wildman–Crippen MR) is 111 cm³/mol. The number of nitrogens with zero attached hydrogens (tertiary/aromatic N) is 3. The van der Waals surface area contributed by atoms with Crippen molar-refractivity contribution in [3.63, 3.8) is 0 Å². The van der Waals surface area contributed by atoms with Crippen LogP contribution in [0.2, 0.25) is 0 Å². The molecule has 2 heterocycles. The van der Waals surface area contributed by atoms with Gasteiger partial charge >= 0.3 is 11.9 Å². The topological polar surface area (TPSA) is 86.6 Å². The Morgan fingerprint density at radius 2 is 1.73 bits per heavy atom. The van der Waals surface area contributed by atoms with E-state index in [0.29, 0.717) is 11.3 Å². The van der Waals surface area contributed by atoms with Crippen LogP contribution in [-0.2, 0) is 19.7 Å². The van der Waals surface area contributed by atoms with Gasteiger partial charge in [0.05, 0.1) is 5.56 Å². The highest BCUT2D eigenvalue weighted by molar-refractivity contribution is 5.94. The minimum absolute atomic E-state index is 0.0292. The Balaban J connectivity index is 1.55. The van der Waals surface area contributed by atoms with E-state index in [2.05, 4.69) is 27.4 Å². The van der Waals surface area contributed by atoms with E-state index < -0.39 is 11.9 Å². The van der Waals surface area contributed by atoms with Crippen LogP contribution in [0, 0.1) is 0 Å².